The first-order chi connectivity index (χ1) is 21.4. The molecule has 2 aliphatic rings. The quantitative estimate of drug-likeness (QED) is 0.149. The molecule has 2 aliphatic carbocycles. The summed E-state index contributed by atoms with van der Waals surface area (Å²) in [5.74, 6) is 0. The first-order valence-corrected chi connectivity index (χ1v) is 24.7. The van der Waals surface area contributed by atoms with Crippen molar-refractivity contribution in [1.29, 1.82) is 0 Å². The van der Waals surface area contributed by atoms with Gasteiger partial charge < -0.3 is 0 Å². The average Bonchev–Trinajstić information content (AvgIpc) is 3.42. The van der Waals surface area contributed by atoms with Crippen molar-refractivity contribution in [2.75, 3.05) is 0 Å². The van der Waals surface area contributed by atoms with E-state index in [-0.39, 0.29) is 0 Å². The molecular weight excluding hydrogens is 632 g/mol. The molecular formula is C42H50Cl2Si2. The molecule has 0 nitrogen and oxygen atoms in total. The summed E-state index contributed by atoms with van der Waals surface area (Å²) in [5, 5.41) is 0. The second-order valence-electron chi connectivity index (χ2n) is 15.1. The van der Waals surface area contributed by atoms with Gasteiger partial charge in [0.2, 0.25) is 6.69 Å². The molecule has 4 aromatic rings. The molecule has 0 fully saturated rings. The van der Waals surface area contributed by atoms with E-state index in [0.29, 0.717) is 11.1 Å². The molecule has 46 heavy (non-hydrogen) atoms. The van der Waals surface area contributed by atoms with Crippen LogP contribution < -0.4 is 0 Å². The Balaban J connectivity index is 0.000000775. The highest BCUT2D eigenvalue weighted by molar-refractivity contribution is 7.44. The smallest absolute Gasteiger partial charge is 0.146 e. The van der Waals surface area contributed by atoms with E-state index in [0.717, 1.165) is 0 Å². The van der Waals surface area contributed by atoms with Crippen LogP contribution in [0.25, 0.3) is 34.4 Å². The summed E-state index contributed by atoms with van der Waals surface area (Å²) in [6, 6.07) is 23.7. The summed E-state index contributed by atoms with van der Waals surface area (Å²) in [5.41, 5.74) is 23.7. The molecule has 0 amide bonds. The number of fused-ring (bicyclic) bond motifs is 2. The van der Waals surface area contributed by atoms with Crippen LogP contribution in [0.1, 0.15) is 80.6 Å². The van der Waals surface area contributed by atoms with Crippen molar-refractivity contribution < 1.29 is 0 Å². The van der Waals surface area contributed by atoms with Crippen LogP contribution in [0.5, 0.6) is 0 Å². The molecule has 0 bridgehead atoms. The lowest BCUT2D eigenvalue weighted by Gasteiger charge is -2.39. The summed E-state index contributed by atoms with van der Waals surface area (Å²) in [7, 11) is -1.93. The zero-order valence-corrected chi connectivity index (χ0v) is 33.4. The van der Waals surface area contributed by atoms with Crippen LogP contribution in [0.4, 0.5) is 0 Å². The largest absolute Gasteiger partial charge is 0.245 e. The van der Waals surface area contributed by atoms with Gasteiger partial charge >= 0.3 is 0 Å². The Morgan fingerprint density at radius 1 is 0.478 bits per heavy atom. The Hall–Kier alpha value is -2.63. The van der Waals surface area contributed by atoms with Crippen LogP contribution in [0, 0.1) is 41.5 Å². The molecule has 4 heteroatoms. The summed E-state index contributed by atoms with van der Waals surface area (Å²) < 4.78 is 0. The Morgan fingerprint density at radius 2 is 0.783 bits per heavy atom. The van der Waals surface area contributed by atoms with Crippen molar-refractivity contribution in [3.63, 3.8) is 0 Å². The Kier molecular flexibility index (Phi) is 9.63. The van der Waals surface area contributed by atoms with E-state index < -0.39 is 14.8 Å². The predicted octanol–water partition coefficient (Wildman–Crippen LogP) is 13.5. The zero-order valence-electron chi connectivity index (χ0n) is 29.8. The van der Waals surface area contributed by atoms with Crippen LogP contribution in [-0.2, 0) is 0 Å². The lowest BCUT2D eigenvalue weighted by atomic mass is 9.91. The summed E-state index contributed by atoms with van der Waals surface area (Å²) in [6.45, 7) is 25.6. The monoisotopic (exact) mass is 680 g/mol. The molecule has 4 aromatic carbocycles. The normalized spacial score (nSPS) is 17.2. The van der Waals surface area contributed by atoms with E-state index in [4.69, 9.17) is 22.2 Å². The highest BCUT2D eigenvalue weighted by atomic mass is 35.7. The maximum atomic E-state index is 5.43. The second-order valence-corrected chi connectivity index (χ2v) is 28.8. The van der Waals surface area contributed by atoms with E-state index in [1.54, 1.807) is 11.1 Å². The number of aryl methyl sites for hydroxylation is 6. The van der Waals surface area contributed by atoms with Gasteiger partial charge in [0.05, 0.1) is 8.07 Å². The third-order valence-electron chi connectivity index (χ3n) is 9.76. The van der Waals surface area contributed by atoms with Crippen molar-refractivity contribution >= 4 is 49.1 Å². The molecule has 6 rings (SSSR count). The first kappa shape index (κ1) is 34.7. The van der Waals surface area contributed by atoms with Gasteiger partial charge in [-0.3, -0.25) is 0 Å². The van der Waals surface area contributed by atoms with Crippen molar-refractivity contribution in [2.45, 2.75) is 92.7 Å². The van der Waals surface area contributed by atoms with E-state index >= 15 is 0 Å². The van der Waals surface area contributed by atoms with Crippen LogP contribution in [0.3, 0.4) is 0 Å². The Morgan fingerprint density at radius 3 is 1.09 bits per heavy atom. The minimum absolute atomic E-state index is 0.494. The van der Waals surface area contributed by atoms with Crippen molar-refractivity contribution in [3.05, 3.63) is 127 Å². The van der Waals surface area contributed by atoms with Crippen LogP contribution >= 0.6 is 22.2 Å². The van der Waals surface area contributed by atoms with Crippen molar-refractivity contribution in [3.8, 4) is 22.3 Å². The molecule has 0 aliphatic heterocycles. The summed E-state index contributed by atoms with van der Waals surface area (Å²) in [6.07, 6.45) is 5.06. The molecule has 2 atom stereocenters. The van der Waals surface area contributed by atoms with Crippen molar-refractivity contribution in [1.82, 2.24) is 0 Å². The second kappa shape index (κ2) is 12.8. The van der Waals surface area contributed by atoms with E-state index in [9.17, 15) is 0 Å². The number of benzene rings is 4. The SMILES string of the molecule is CC1=Cc2c(ccc(C)c2-c2cc(C)cc(C)c2)C1[Si](C)(C)C1C(C)=Cc2c1ccc(C)c2-c1cc(C)cc(C)c1.C[Si](C)(Cl)Cl. The lowest BCUT2D eigenvalue weighted by Crippen LogP contribution is -2.42. The molecule has 0 radical (unpaired) electrons. The van der Waals surface area contributed by atoms with E-state index in [2.05, 4.69) is 141 Å². The summed E-state index contributed by atoms with van der Waals surface area (Å²) >= 11 is 10.9. The van der Waals surface area contributed by atoms with Gasteiger partial charge in [0.25, 0.3) is 0 Å². The molecule has 0 aromatic heterocycles. The number of halogens is 2. The van der Waals surface area contributed by atoms with Gasteiger partial charge in [-0.15, -0.1) is 22.2 Å². The highest BCUT2D eigenvalue weighted by Gasteiger charge is 2.47. The summed E-state index contributed by atoms with van der Waals surface area (Å²) in [4.78, 5) is 0. The van der Waals surface area contributed by atoms with Crippen molar-refractivity contribution in [2.24, 2.45) is 0 Å². The van der Waals surface area contributed by atoms with E-state index in [1.807, 2.05) is 13.1 Å². The van der Waals surface area contributed by atoms with Gasteiger partial charge in [-0.2, -0.15) is 0 Å². The van der Waals surface area contributed by atoms with Gasteiger partial charge in [0.15, 0.2) is 0 Å². The number of allylic oxidation sites excluding steroid dienone is 2. The van der Waals surface area contributed by atoms with Gasteiger partial charge in [-0.25, -0.2) is 0 Å². The average molecular weight is 682 g/mol. The third kappa shape index (κ3) is 6.83. The fourth-order valence-corrected chi connectivity index (χ4v) is 13.5. The topological polar surface area (TPSA) is 0 Å². The molecule has 240 valence electrons. The number of hydrogen-bond donors (Lipinski definition) is 0. The Labute approximate surface area is 290 Å². The van der Waals surface area contributed by atoms with Gasteiger partial charge in [0.1, 0.15) is 0 Å². The van der Waals surface area contributed by atoms with Gasteiger partial charge in [-0.05, 0) is 124 Å². The van der Waals surface area contributed by atoms with Crippen LogP contribution in [0.15, 0.2) is 71.8 Å². The number of hydrogen-bond acceptors (Lipinski definition) is 0. The lowest BCUT2D eigenvalue weighted by molar-refractivity contribution is 0.967. The van der Waals surface area contributed by atoms with Crippen LogP contribution in [0.2, 0.25) is 26.2 Å². The minimum Gasteiger partial charge on any atom is -0.146 e. The standard InChI is InChI=1S/C40H44Si.C2H6Cl2Si/c1-23-15-24(2)18-31(17-23)37-27(5)11-13-33-35(37)21-29(7)39(33)41(9,10)40-30(8)22-36-34(40)14-12-28(6)38(36)32-19-25(3)16-26(4)20-32;1-5(2,3)4/h11-22,39-40H,1-10H3;1-2H3. The molecule has 0 saturated heterocycles. The predicted molar refractivity (Wildman–Crippen MR) is 212 cm³/mol. The highest BCUT2D eigenvalue weighted by Crippen LogP contribution is 2.55. The Bertz CT molecular complexity index is 1720. The maximum Gasteiger partial charge on any atom is 0.245 e. The zero-order chi connectivity index (χ0) is 33.9. The first-order valence-electron chi connectivity index (χ1n) is 16.6. The minimum atomic E-state index is -1.93. The van der Waals surface area contributed by atoms with Crippen LogP contribution in [-0.4, -0.2) is 14.8 Å². The fourth-order valence-electron chi connectivity index (χ4n) is 8.56. The molecule has 2 unspecified atom stereocenters. The molecule has 0 heterocycles. The van der Waals surface area contributed by atoms with Gasteiger partial charge in [-0.1, -0.05) is 119 Å². The maximum absolute atomic E-state index is 5.43. The molecule has 0 saturated carbocycles. The molecule has 0 spiro atoms. The fraction of sp³-hybridized carbons (Fsp3) is 0.333. The molecule has 0 N–H and O–H groups in total. The third-order valence-corrected chi connectivity index (χ3v) is 14.3. The van der Waals surface area contributed by atoms with Gasteiger partial charge in [0, 0.05) is 11.1 Å². The van der Waals surface area contributed by atoms with E-state index in [1.165, 1.54) is 77.9 Å². The number of rotatable bonds is 4.